The van der Waals surface area contributed by atoms with E-state index in [1.54, 1.807) is 18.0 Å². The van der Waals surface area contributed by atoms with E-state index in [2.05, 4.69) is 28.2 Å². The summed E-state index contributed by atoms with van der Waals surface area (Å²) in [6.07, 6.45) is 4.36. The molecule has 4 heteroatoms. The molecule has 3 rings (SSSR count). The summed E-state index contributed by atoms with van der Waals surface area (Å²) in [5.74, 6) is 0.946. The first-order valence-corrected chi connectivity index (χ1v) is 7.50. The van der Waals surface area contributed by atoms with Gasteiger partial charge in [0.1, 0.15) is 5.82 Å². The Bertz CT molecular complexity index is 681. The smallest absolute Gasteiger partial charge is 0.110 e. The highest BCUT2D eigenvalue weighted by atomic mass is 35.5. The van der Waals surface area contributed by atoms with Gasteiger partial charge in [0.05, 0.1) is 0 Å². The lowest BCUT2D eigenvalue weighted by atomic mass is 10.1. The first-order chi connectivity index (χ1) is 9.81. The second-order valence-electron chi connectivity index (χ2n) is 4.38. The minimum Gasteiger partial charge on any atom is -0.348 e. The fourth-order valence-corrected chi connectivity index (χ4v) is 3.12. The zero-order valence-corrected chi connectivity index (χ0v) is 12.3. The molecule has 2 aromatic carbocycles. The van der Waals surface area contributed by atoms with E-state index in [-0.39, 0.29) is 0 Å². The summed E-state index contributed by atoms with van der Waals surface area (Å²) in [4.78, 5) is 9.84. The van der Waals surface area contributed by atoms with Crippen LogP contribution in [0.5, 0.6) is 0 Å². The van der Waals surface area contributed by atoms with Crippen molar-refractivity contribution in [3.8, 4) is 0 Å². The number of rotatable bonds is 4. The highest BCUT2D eigenvalue weighted by Crippen LogP contribution is 2.32. The van der Waals surface area contributed by atoms with Gasteiger partial charge in [0.2, 0.25) is 0 Å². The third-order valence-electron chi connectivity index (χ3n) is 2.91. The molecule has 0 radical (unpaired) electrons. The molecule has 0 fully saturated rings. The third kappa shape index (κ3) is 3.24. The van der Waals surface area contributed by atoms with Crippen molar-refractivity contribution in [2.75, 3.05) is 0 Å². The SMILES string of the molecule is Clc1ccc(Sc2ccccc2)c(Cc2ncc[nH]2)c1. The molecule has 3 aromatic rings. The Morgan fingerprint density at radius 3 is 2.70 bits per heavy atom. The van der Waals surface area contributed by atoms with Crippen LogP contribution in [-0.4, -0.2) is 9.97 Å². The third-order valence-corrected chi connectivity index (χ3v) is 4.27. The molecule has 0 bridgehead atoms. The predicted molar refractivity (Wildman–Crippen MR) is 83.4 cm³/mol. The van der Waals surface area contributed by atoms with E-state index in [1.165, 1.54) is 15.4 Å². The van der Waals surface area contributed by atoms with Gasteiger partial charge in [-0.2, -0.15) is 0 Å². The van der Waals surface area contributed by atoms with Crippen LogP contribution in [0.15, 0.2) is 70.7 Å². The molecule has 0 aliphatic carbocycles. The average molecular weight is 301 g/mol. The van der Waals surface area contributed by atoms with Gasteiger partial charge < -0.3 is 4.98 Å². The van der Waals surface area contributed by atoms with Gasteiger partial charge in [-0.05, 0) is 35.9 Å². The van der Waals surface area contributed by atoms with Gasteiger partial charge >= 0.3 is 0 Å². The van der Waals surface area contributed by atoms with Crippen LogP contribution in [0.3, 0.4) is 0 Å². The number of aromatic amines is 1. The quantitative estimate of drug-likeness (QED) is 0.749. The van der Waals surface area contributed by atoms with Crippen molar-refractivity contribution in [3.63, 3.8) is 0 Å². The number of aromatic nitrogens is 2. The normalized spacial score (nSPS) is 10.7. The van der Waals surface area contributed by atoms with Crippen LogP contribution in [0, 0.1) is 0 Å². The average Bonchev–Trinajstić information content (AvgIpc) is 2.96. The topological polar surface area (TPSA) is 28.7 Å². The Kier molecular flexibility index (Phi) is 4.09. The summed E-state index contributed by atoms with van der Waals surface area (Å²) in [6, 6.07) is 16.3. The van der Waals surface area contributed by atoms with Crippen LogP contribution >= 0.6 is 23.4 Å². The number of hydrogen-bond acceptors (Lipinski definition) is 2. The van der Waals surface area contributed by atoms with Gasteiger partial charge in [0.15, 0.2) is 0 Å². The van der Waals surface area contributed by atoms with Gasteiger partial charge in [-0.3, -0.25) is 0 Å². The maximum atomic E-state index is 6.12. The zero-order valence-electron chi connectivity index (χ0n) is 10.7. The summed E-state index contributed by atoms with van der Waals surface area (Å²) in [7, 11) is 0. The summed E-state index contributed by atoms with van der Waals surface area (Å²) < 4.78 is 0. The van der Waals surface area contributed by atoms with Gasteiger partial charge in [-0.1, -0.05) is 41.6 Å². The number of nitrogens with one attached hydrogen (secondary N) is 1. The molecule has 0 atom stereocenters. The second-order valence-corrected chi connectivity index (χ2v) is 5.93. The maximum absolute atomic E-state index is 6.12. The number of H-pyrrole nitrogens is 1. The number of hydrogen-bond donors (Lipinski definition) is 1. The fraction of sp³-hybridized carbons (Fsp3) is 0.0625. The fourth-order valence-electron chi connectivity index (χ4n) is 1.98. The first-order valence-electron chi connectivity index (χ1n) is 6.31. The predicted octanol–water partition coefficient (Wildman–Crippen LogP) is 4.81. The van der Waals surface area contributed by atoms with Crippen LogP contribution in [0.1, 0.15) is 11.4 Å². The van der Waals surface area contributed by atoms with E-state index >= 15 is 0 Å². The molecule has 0 amide bonds. The Morgan fingerprint density at radius 2 is 1.95 bits per heavy atom. The van der Waals surface area contributed by atoms with E-state index in [0.29, 0.717) is 0 Å². The minimum absolute atomic E-state index is 0.753. The van der Waals surface area contributed by atoms with Crippen molar-refractivity contribution in [2.24, 2.45) is 0 Å². The molecule has 1 heterocycles. The summed E-state index contributed by atoms with van der Waals surface area (Å²) in [6.45, 7) is 0. The number of nitrogens with zero attached hydrogens (tertiary/aromatic N) is 1. The Balaban J connectivity index is 1.90. The first kappa shape index (κ1) is 13.3. The van der Waals surface area contributed by atoms with Crippen LogP contribution < -0.4 is 0 Å². The molecule has 1 aromatic heterocycles. The Morgan fingerprint density at radius 1 is 1.10 bits per heavy atom. The molecule has 0 saturated heterocycles. The minimum atomic E-state index is 0.753. The lowest BCUT2D eigenvalue weighted by molar-refractivity contribution is 1.00. The monoisotopic (exact) mass is 300 g/mol. The lowest BCUT2D eigenvalue weighted by Gasteiger charge is -2.09. The lowest BCUT2D eigenvalue weighted by Crippen LogP contribution is -1.93. The van der Waals surface area contributed by atoms with E-state index in [4.69, 9.17) is 11.6 Å². The Labute approximate surface area is 127 Å². The van der Waals surface area contributed by atoms with Crippen molar-refractivity contribution in [3.05, 3.63) is 77.3 Å². The summed E-state index contributed by atoms with van der Waals surface area (Å²) in [5.41, 5.74) is 1.18. The van der Waals surface area contributed by atoms with Crippen molar-refractivity contribution >= 4 is 23.4 Å². The molecule has 0 spiro atoms. The molecule has 20 heavy (non-hydrogen) atoms. The molecular weight excluding hydrogens is 288 g/mol. The van der Waals surface area contributed by atoms with Gasteiger partial charge in [0.25, 0.3) is 0 Å². The van der Waals surface area contributed by atoms with Gasteiger partial charge in [-0.15, -0.1) is 0 Å². The molecule has 2 nitrogen and oxygen atoms in total. The van der Waals surface area contributed by atoms with Crippen molar-refractivity contribution in [2.45, 2.75) is 16.2 Å². The number of benzene rings is 2. The molecule has 0 aliphatic rings. The zero-order chi connectivity index (χ0) is 13.8. The molecule has 0 aliphatic heterocycles. The van der Waals surface area contributed by atoms with Crippen LogP contribution in [-0.2, 0) is 6.42 Å². The van der Waals surface area contributed by atoms with Crippen molar-refractivity contribution in [1.29, 1.82) is 0 Å². The molecule has 100 valence electrons. The van der Waals surface area contributed by atoms with E-state index < -0.39 is 0 Å². The number of halogens is 1. The highest BCUT2D eigenvalue weighted by Gasteiger charge is 2.07. The standard InChI is InChI=1S/C16H13ClN2S/c17-13-6-7-15(20-14-4-2-1-3-5-14)12(10-13)11-16-18-8-9-19-16/h1-10H,11H2,(H,18,19). The molecule has 0 unspecified atom stereocenters. The molecule has 0 saturated carbocycles. The summed E-state index contributed by atoms with van der Waals surface area (Å²) in [5, 5.41) is 0.754. The summed E-state index contributed by atoms with van der Waals surface area (Å²) >= 11 is 7.86. The van der Waals surface area contributed by atoms with Gasteiger partial charge in [-0.25, -0.2) is 4.98 Å². The van der Waals surface area contributed by atoms with Crippen LogP contribution in [0.2, 0.25) is 5.02 Å². The van der Waals surface area contributed by atoms with Crippen LogP contribution in [0.4, 0.5) is 0 Å². The largest absolute Gasteiger partial charge is 0.348 e. The van der Waals surface area contributed by atoms with E-state index in [9.17, 15) is 0 Å². The van der Waals surface area contributed by atoms with Crippen LogP contribution in [0.25, 0.3) is 0 Å². The van der Waals surface area contributed by atoms with E-state index in [0.717, 1.165) is 17.3 Å². The van der Waals surface area contributed by atoms with Gasteiger partial charge in [0, 0.05) is 33.6 Å². The van der Waals surface area contributed by atoms with Crippen molar-refractivity contribution in [1.82, 2.24) is 9.97 Å². The maximum Gasteiger partial charge on any atom is 0.110 e. The second kappa shape index (κ2) is 6.16. The molecule has 1 N–H and O–H groups in total. The molecular formula is C16H13ClN2S. The highest BCUT2D eigenvalue weighted by molar-refractivity contribution is 7.99. The van der Waals surface area contributed by atoms with Crippen molar-refractivity contribution < 1.29 is 0 Å². The number of imidazole rings is 1. The Hall–Kier alpha value is -1.71. The van der Waals surface area contributed by atoms with E-state index in [1.807, 2.05) is 36.5 Å².